The van der Waals surface area contributed by atoms with Gasteiger partial charge in [-0.1, -0.05) is 36.4 Å². The summed E-state index contributed by atoms with van der Waals surface area (Å²) in [5.74, 6) is -0.0296. The van der Waals surface area contributed by atoms with E-state index < -0.39 is 11.7 Å². The van der Waals surface area contributed by atoms with Crippen LogP contribution >= 0.6 is 0 Å². The minimum atomic E-state index is -4.34. The monoisotopic (exact) mass is 316 g/mol. The lowest BCUT2D eigenvalue weighted by molar-refractivity contribution is -0.137. The molecule has 0 spiro atoms. The molecular weight excluding hydrogens is 301 g/mol. The molecule has 4 heteroatoms. The van der Waals surface area contributed by atoms with Crippen LogP contribution in [0.1, 0.15) is 39.9 Å². The fourth-order valence-corrected chi connectivity index (χ4v) is 2.82. The van der Waals surface area contributed by atoms with Crippen molar-refractivity contribution in [1.82, 2.24) is 0 Å². The molecule has 0 aliphatic heterocycles. The van der Waals surface area contributed by atoms with E-state index >= 15 is 0 Å². The highest BCUT2D eigenvalue weighted by molar-refractivity contribution is 6.12. The molecule has 2 aromatic carbocycles. The molecule has 0 N–H and O–H groups in total. The Morgan fingerprint density at radius 2 is 1.61 bits per heavy atom. The molecule has 118 valence electrons. The van der Waals surface area contributed by atoms with Crippen LogP contribution in [0.25, 0.3) is 6.08 Å². The summed E-state index contributed by atoms with van der Waals surface area (Å²) >= 11 is 0. The van der Waals surface area contributed by atoms with E-state index in [1.54, 1.807) is 6.08 Å². The molecule has 0 fully saturated rings. The first kappa shape index (κ1) is 15.5. The van der Waals surface area contributed by atoms with Gasteiger partial charge in [-0.25, -0.2) is 0 Å². The Morgan fingerprint density at radius 1 is 0.913 bits per heavy atom. The molecule has 0 atom stereocenters. The summed E-state index contributed by atoms with van der Waals surface area (Å²) in [7, 11) is 0. The number of aryl methyl sites for hydroxylation is 1. The second kappa shape index (κ2) is 6.03. The van der Waals surface area contributed by atoms with E-state index in [1.807, 2.05) is 24.3 Å². The molecule has 0 heterocycles. The molecular formula is C19H15F3O. The quantitative estimate of drug-likeness (QED) is 0.515. The molecule has 0 saturated carbocycles. The van der Waals surface area contributed by atoms with Gasteiger partial charge in [-0.05, 0) is 48.6 Å². The Balaban J connectivity index is 1.92. The van der Waals surface area contributed by atoms with Gasteiger partial charge < -0.3 is 0 Å². The van der Waals surface area contributed by atoms with E-state index in [0.29, 0.717) is 23.1 Å². The third-order valence-electron chi connectivity index (χ3n) is 4.02. The van der Waals surface area contributed by atoms with Gasteiger partial charge in [0.1, 0.15) is 0 Å². The van der Waals surface area contributed by atoms with Crippen molar-refractivity contribution in [3.05, 3.63) is 76.4 Å². The van der Waals surface area contributed by atoms with Gasteiger partial charge >= 0.3 is 6.18 Å². The molecule has 0 saturated heterocycles. The van der Waals surface area contributed by atoms with E-state index in [2.05, 4.69) is 0 Å². The summed E-state index contributed by atoms with van der Waals surface area (Å²) in [6.45, 7) is 0. The lowest BCUT2D eigenvalue weighted by Crippen LogP contribution is -2.05. The molecule has 0 aromatic heterocycles. The number of hydrogen-bond acceptors (Lipinski definition) is 1. The first-order chi connectivity index (χ1) is 10.9. The van der Waals surface area contributed by atoms with Crippen molar-refractivity contribution >= 4 is 11.9 Å². The zero-order chi connectivity index (χ0) is 16.4. The highest BCUT2D eigenvalue weighted by Gasteiger charge is 2.29. The molecule has 0 radical (unpaired) electrons. The van der Waals surface area contributed by atoms with Gasteiger partial charge in [0.2, 0.25) is 0 Å². The fourth-order valence-electron chi connectivity index (χ4n) is 2.82. The zero-order valence-electron chi connectivity index (χ0n) is 12.4. The maximum atomic E-state index is 12.6. The molecule has 0 amide bonds. The lowest BCUT2D eigenvalue weighted by atomic mass is 9.98. The molecule has 3 rings (SSSR count). The summed E-state index contributed by atoms with van der Waals surface area (Å²) in [5, 5.41) is 0. The number of allylic oxidation sites excluding steroid dienone is 1. The molecule has 0 unspecified atom stereocenters. The lowest BCUT2D eigenvalue weighted by Gasteiger charge is -2.07. The molecule has 2 aromatic rings. The first-order valence-corrected chi connectivity index (χ1v) is 7.45. The predicted octanol–water partition coefficient (Wildman–Crippen LogP) is 5.31. The van der Waals surface area contributed by atoms with Crippen molar-refractivity contribution in [2.75, 3.05) is 0 Å². The number of carbonyl (C=O) groups is 1. The minimum Gasteiger partial charge on any atom is -0.289 e. The normalized spacial score (nSPS) is 17.0. The highest BCUT2D eigenvalue weighted by atomic mass is 19.4. The number of halogens is 3. The largest absolute Gasteiger partial charge is 0.416 e. The van der Waals surface area contributed by atoms with Crippen molar-refractivity contribution in [1.29, 1.82) is 0 Å². The molecule has 1 aliphatic carbocycles. The third-order valence-corrected chi connectivity index (χ3v) is 4.02. The molecule has 23 heavy (non-hydrogen) atoms. The van der Waals surface area contributed by atoms with Crippen molar-refractivity contribution < 1.29 is 18.0 Å². The summed E-state index contributed by atoms with van der Waals surface area (Å²) in [4.78, 5) is 12.6. The Labute approximate surface area is 132 Å². The number of benzene rings is 2. The number of rotatable bonds is 1. The Kier molecular flexibility index (Phi) is 4.07. The standard InChI is InChI=1S/C19H15F3O/c20-19(21,22)16-10-8-13(9-11-16)12-15-6-3-5-14-4-1-2-7-17(14)18(15)23/h1-2,4,7-12H,3,5-6H2. The van der Waals surface area contributed by atoms with Crippen molar-refractivity contribution in [2.24, 2.45) is 0 Å². The number of Topliss-reactive ketones (excluding diaryl/α,β-unsaturated/α-hetero) is 1. The van der Waals surface area contributed by atoms with Crippen molar-refractivity contribution in [2.45, 2.75) is 25.4 Å². The van der Waals surface area contributed by atoms with Crippen LogP contribution in [0.15, 0.2) is 54.1 Å². The first-order valence-electron chi connectivity index (χ1n) is 7.45. The van der Waals surface area contributed by atoms with Crippen LogP contribution in [0.2, 0.25) is 0 Å². The Morgan fingerprint density at radius 3 is 2.30 bits per heavy atom. The smallest absolute Gasteiger partial charge is 0.289 e. The van der Waals surface area contributed by atoms with Gasteiger partial charge in [0, 0.05) is 11.1 Å². The summed E-state index contributed by atoms with van der Waals surface area (Å²) in [6, 6.07) is 12.4. The van der Waals surface area contributed by atoms with E-state index in [9.17, 15) is 18.0 Å². The van der Waals surface area contributed by atoms with Crippen LogP contribution in [0.3, 0.4) is 0 Å². The Hall–Kier alpha value is -2.36. The average molecular weight is 316 g/mol. The van der Waals surface area contributed by atoms with Gasteiger partial charge in [-0.2, -0.15) is 13.2 Å². The number of fused-ring (bicyclic) bond motifs is 1. The van der Waals surface area contributed by atoms with Gasteiger partial charge in [0.25, 0.3) is 0 Å². The van der Waals surface area contributed by atoms with Crippen LogP contribution in [-0.2, 0) is 12.6 Å². The van der Waals surface area contributed by atoms with E-state index in [-0.39, 0.29) is 5.78 Å². The second-order valence-electron chi connectivity index (χ2n) is 5.63. The summed E-state index contributed by atoms with van der Waals surface area (Å²) in [5.41, 5.74) is 2.31. The van der Waals surface area contributed by atoms with Crippen LogP contribution in [-0.4, -0.2) is 5.78 Å². The Bertz CT molecular complexity index is 755. The minimum absolute atomic E-state index is 0.0296. The van der Waals surface area contributed by atoms with Crippen molar-refractivity contribution in [3.8, 4) is 0 Å². The topological polar surface area (TPSA) is 17.1 Å². The SMILES string of the molecule is O=C1C(=Cc2ccc(C(F)(F)F)cc2)CCCc2ccccc21. The molecule has 0 bridgehead atoms. The maximum Gasteiger partial charge on any atom is 0.416 e. The van der Waals surface area contributed by atoms with Crippen LogP contribution < -0.4 is 0 Å². The van der Waals surface area contributed by atoms with Gasteiger partial charge in [-0.3, -0.25) is 4.79 Å². The number of alkyl halides is 3. The van der Waals surface area contributed by atoms with E-state index in [4.69, 9.17) is 0 Å². The molecule has 1 nitrogen and oxygen atoms in total. The van der Waals surface area contributed by atoms with Gasteiger partial charge in [-0.15, -0.1) is 0 Å². The predicted molar refractivity (Wildman–Crippen MR) is 83.1 cm³/mol. The second-order valence-corrected chi connectivity index (χ2v) is 5.63. The highest BCUT2D eigenvalue weighted by Crippen LogP contribution is 2.30. The van der Waals surface area contributed by atoms with E-state index in [1.165, 1.54) is 12.1 Å². The van der Waals surface area contributed by atoms with Gasteiger partial charge in [0.05, 0.1) is 5.56 Å². The van der Waals surface area contributed by atoms with Crippen LogP contribution in [0, 0.1) is 0 Å². The van der Waals surface area contributed by atoms with E-state index in [0.717, 1.165) is 30.5 Å². The maximum absolute atomic E-state index is 12.6. The van der Waals surface area contributed by atoms with Crippen LogP contribution in [0.5, 0.6) is 0 Å². The molecule has 1 aliphatic rings. The summed E-state index contributed by atoms with van der Waals surface area (Å²) < 4.78 is 37.8. The average Bonchev–Trinajstić information content (AvgIpc) is 2.67. The number of ketones is 1. The van der Waals surface area contributed by atoms with Crippen LogP contribution in [0.4, 0.5) is 13.2 Å². The van der Waals surface area contributed by atoms with Crippen molar-refractivity contribution in [3.63, 3.8) is 0 Å². The van der Waals surface area contributed by atoms with Gasteiger partial charge in [0.15, 0.2) is 5.78 Å². The summed E-state index contributed by atoms with van der Waals surface area (Å²) in [6.07, 6.45) is -0.316. The number of carbonyl (C=O) groups excluding carboxylic acids is 1. The third kappa shape index (κ3) is 3.36. The zero-order valence-corrected chi connectivity index (χ0v) is 12.4. The number of hydrogen-bond donors (Lipinski definition) is 0. The fraction of sp³-hybridized carbons (Fsp3) is 0.211.